The number of rotatable bonds is 13. The van der Waals surface area contributed by atoms with Crippen LogP contribution in [0.5, 0.6) is 17.2 Å². The highest BCUT2D eigenvalue weighted by atomic mass is 16.5. The summed E-state index contributed by atoms with van der Waals surface area (Å²) in [7, 11) is 3.44. The summed E-state index contributed by atoms with van der Waals surface area (Å²) in [6.07, 6.45) is 4.99. The van der Waals surface area contributed by atoms with Crippen molar-refractivity contribution in [3.63, 3.8) is 0 Å². The molecule has 3 aliphatic rings. The second kappa shape index (κ2) is 16.9. The Hall–Kier alpha value is -5.19. The van der Waals surface area contributed by atoms with E-state index in [0.717, 1.165) is 93.0 Å². The molecule has 3 atom stereocenters. The van der Waals surface area contributed by atoms with Gasteiger partial charge in [-0.3, -0.25) is 24.1 Å². The quantitative estimate of drug-likeness (QED) is 0.103. The molecule has 1 unspecified atom stereocenters. The number of hydrogen-bond acceptors (Lipinski definition) is 8. The van der Waals surface area contributed by atoms with Gasteiger partial charge in [0, 0.05) is 70.6 Å². The monoisotopic (exact) mass is 755 g/mol. The van der Waals surface area contributed by atoms with Crippen LogP contribution in [0.4, 0.5) is 0 Å². The molecule has 2 saturated heterocycles. The number of imide groups is 1. The van der Waals surface area contributed by atoms with Gasteiger partial charge in [0.2, 0.25) is 11.8 Å². The van der Waals surface area contributed by atoms with Crippen molar-refractivity contribution in [1.29, 1.82) is 0 Å². The number of aromatic nitrogens is 2. The number of aryl methyl sites for hydroxylation is 2. The third kappa shape index (κ3) is 8.18. The molecule has 0 bridgehead atoms. The van der Waals surface area contributed by atoms with Crippen molar-refractivity contribution in [2.75, 3.05) is 59.5 Å². The number of fused-ring (bicyclic) bond motifs is 2. The number of carbonyl (C=O) groups excluding carboxylic acids is 2. The van der Waals surface area contributed by atoms with Crippen molar-refractivity contribution in [2.24, 2.45) is 7.05 Å². The van der Waals surface area contributed by atoms with Gasteiger partial charge in [-0.15, -0.1) is 0 Å². The molecule has 2 amide bonds. The van der Waals surface area contributed by atoms with Crippen LogP contribution in [0.1, 0.15) is 77.8 Å². The average Bonchev–Trinajstić information content (AvgIpc) is 3.55. The predicted molar refractivity (Wildman–Crippen MR) is 217 cm³/mol. The number of ether oxygens (including phenoxy) is 2. The summed E-state index contributed by atoms with van der Waals surface area (Å²) in [5.41, 5.74) is 6.86. The van der Waals surface area contributed by atoms with Gasteiger partial charge < -0.3 is 19.5 Å². The van der Waals surface area contributed by atoms with E-state index in [1.54, 1.807) is 11.7 Å². The molecular formula is C46H53N5O5. The fourth-order valence-corrected chi connectivity index (χ4v) is 8.99. The summed E-state index contributed by atoms with van der Waals surface area (Å²) in [5, 5.41) is 15.8. The summed E-state index contributed by atoms with van der Waals surface area (Å²) in [6.45, 7) is 7.43. The Kier molecular flexibility index (Phi) is 11.4. The number of likely N-dealkylation sites (tertiary alicyclic amines) is 1. The van der Waals surface area contributed by atoms with Crippen LogP contribution in [0.2, 0.25) is 0 Å². The Morgan fingerprint density at radius 3 is 2.25 bits per heavy atom. The highest BCUT2D eigenvalue weighted by Gasteiger charge is 2.36. The minimum atomic E-state index is -0.400. The molecule has 0 spiro atoms. The van der Waals surface area contributed by atoms with Crippen LogP contribution in [0.3, 0.4) is 0 Å². The summed E-state index contributed by atoms with van der Waals surface area (Å²) < 4.78 is 14.2. The largest absolute Gasteiger partial charge is 0.508 e. The number of phenols is 1. The molecule has 1 aromatic heterocycles. The Labute approximate surface area is 329 Å². The first-order valence-corrected chi connectivity index (χ1v) is 20.3. The van der Waals surface area contributed by atoms with Crippen LogP contribution < -0.4 is 9.47 Å². The van der Waals surface area contributed by atoms with E-state index in [4.69, 9.17) is 9.47 Å². The first kappa shape index (κ1) is 37.7. The highest BCUT2D eigenvalue weighted by molar-refractivity contribution is 6.02. The maximum absolute atomic E-state index is 12.8. The van der Waals surface area contributed by atoms with Gasteiger partial charge in [0.25, 0.3) is 0 Å². The number of unbranched alkanes of at least 4 members (excludes halogenated alkanes) is 1. The van der Waals surface area contributed by atoms with E-state index in [1.165, 1.54) is 27.2 Å². The maximum Gasteiger partial charge on any atom is 0.238 e. The number of carbonyl (C=O) groups is 2. The van der Waals surface area contributed by atoms with E-state index in [1.807, 2.05) is 37.4 Å². The van der Waals surface area contributed by atoms with E-state index in [-0.39, 0.29) is 17.7 Å². The SMILES string of the molecule is CN1C(=O)CCC(c2nn(C)c3cc(OCCN4CCN(CCCCOc5ccc([C@@H]6c7ccc(O)cc7CC[C@@H]6c6ccccc6)cc5)CC4)ccc23)C1=O. The van der Waals surface area contributed by atoms with E-state index >= 15 is 0 Å². The Bertz CT molecular complexity index is 2140. The number of amides is 2. The Morgan fingerprint density at radius 1 is 0.732 bits per heavy atom. The first-order chi connectivity index (χ1) is 27.3. The fraction of sp³-hybridized carbons (Fsp3) is 0.413. The number of aromatic hydroxyl groups is 1. The van der Waals surface area contributed by atoms with Crippen LogP contribution in [-0.2, 0) is 23.1 Å². The first-order valence-electron chi connectivity index (χ1n) is 20.3. The second-order valence-electron chi connectivity index (χ2n) is 15.6. The molecule has 3 heterocycles. The Balaban J connectivity index is 0.752. The van der Waals surface area contributed by atoms with Crippen LogP contribution in [0, 0.1) is 0 Å². The van der Waals surface area contributed by atoms with Crippen molar-refractivity contribution in [2.45, 2.75) is 56.3 Å². The highest BCUT2D eigenvalue weighted by Crippen LogP contribution is 2.47. The maximum atomic E-state index is 12.8. The molecule has 10 nitrogen and oxygen atoms in total. The fourth-order valence-electron chi connectivity index (χ4n) is 8.99. The molecule has 1 aliphatic carbocycles. The second-order valence-corrected chi connectivity index (χ2v) is 15.6. The molecule has 4 aromatic carbocycles. The van der Waals surface area contributed by atoms with Crippen molar-refractivity contribution >= 4 is 22.7 Å². The van der Waals surface area contributed by atoms with Crippen molar-refractivity contribution in [1.82, 2.24) is 24.5 Å². The predicted octanol–water partition coefficient (Wildman–Crippen LogP) is 6.86. The normalized spacial score (nSPS) is 20.7. The third-order valence-corrected chi connectivity index (χ3v) is 12.2. The zero-order valence-corrected chi connectivity index (χ0v) is 32.6. The molecule has 10 heteroatoms. The molecule has 8 rings (SSSR count). The van der Waals surface area contributed by atoms with Crippen molar-refractivity contribution < 1.29 is 24.2 Å². The van der Waals surface area contributed by atoms with E-state index in [0.29, 0.717) is 37.7 Å². The number of likely N-dealkylation sites (N-methyl/N-ethyl adjacent to an activating group) is 1. The number of hydrogen-bond donors (Lipinski definition) is 1. The lowest BCUT2D eigenvalue weighted by Crippen LogP contribution is -2.47. The van der Waals surface area contributed by atoms with Crippen LogP contribution in [0.15, 0.2) is 91.0 Å². The zero-order chi connectivity index (χ0) is 38.6. The topological polar surface area (TPSA) is 100 Å². The van der Waals surface area contributed by atoms with E-state index in [2.05, 4.69) is 75.6 Å². The summed E-state index contributed by atoms with van der Waals surface area (Å²) in [4.78, 5) is 31.1. The van der Waals surface area contributed by atoms with Crippen LogP contribution in [-0.4, -0.2) is 101 Å². The summed E-state index contributed by atoms with van der Waals surface area (Å²) >= 11 is 0. The number of piperidine rings is 1. The van der Waals surface area contributed by atoms with Crippen molar-refractivity contribution in [3.8, 4) is 17.2 Å². The number of piperazine rings is 1. The van der Waals surface area contributed by atoms with Gasteiger partial charge in [0.05, 0.1) is 23.7 Å². The van der Waals surface area contributed by atoms with Crippen LogP contribution in [0.25, 0.3) is 10.9 Å². The molecule has 2 aliphatic heterocycles. The Morgan fingerprint density at radius 2 is 1.46 bits per heavy atom. The van der Waals surface area contributed by atoms with Gasteiger partial charge in [-0.1, -0.05) is 48.5 Å². The van der Waals surface area contributed by atoms with Gasteiger partial charge >= 0.3 is 0 Å². The van der Waals surface area contributed by atoms with Gasteiger partial charge in [-0.25, -0.2) is 0 Å². The molecule has 0 radical (unpaired) electrons. The third-order valence-electron chi connectivity index (χ3n) is 12.2. The van der Waals surface area contributed by atoms with Crippen LogP contribution >= 0.6 is 0 Å². The van der Waals surface area contributed by atoms with Crippen molar-refractivity contribution in [3.05, 3.63) is 119 Å². The molecule has 56 heavy (non-hydrogen) atoms. The summed E-state index contributed by atoms with van der Waals surface area (Å²) in [5.74, 6) is 1.95. The van der Waals surface area contributed by atoms with Gasteiger partial charge in [0.15, 0.2) is 0 Å². The summed E-state index contributed by atoms with van der Waals surface area (Å²) in [6, 6.07) is 31.3. The molecule has 5 aromatic rings. The zero-order valence-electron chi connectivity index (χ0n) is 32.6. The average molecular weight is 756 g/mol. The number of phenolic OH excluding ortho intramolecular Hbond substituents is 1. The molecular weight excluding hydrogens is 703 g/mol. The van der Waals surface area contributed by atoms with E-state index < -0.39 is 5.92 Å². The number of nitrogens with zero attached hydrogens (tertiary/aromatic N) is 5. The van der Waals surface area contributed by atoms with Gasteiger partial charge in [0.1, 0.15) is 23.9 Å². The smallest absolute Gasteiger partial charge is 0.238 e. The molecule has 0 saturated carbocycles. The minimum absolute atomic E-state index is 0.132. The van der Waals surface area contributed by atoms with Gasteiger partial charge in [-0.05, 0) is 103 Å². The molecule has 292 valence electrons. The lowest BCUT2D eigenvalue weighted by Gasteiger charge is -2.35. The lowest BCUT2D eigenvalue weighted by atomic mass is 9.69. The van der Waals surface area contributed by atoms with E-state index in [9.17, 15) is 14.7 Å². The molecule has 2 fully saturated rings. The standard InChI is InChI=1S/C46H53N5O5/c1-48-43(53)21-20-41(46(48)54)45-40-19-16-37(31-42(40)49(2)47-45)56-29-27-51-25-23-50(24-26-51)22-6-7-28-55-36-14-10-33(11-15-36)44-38(32-8-4-3-5-9-32)17-12-34-30-35(52)13-18-39(34)44/h3-5,8-11,13-16,18-19,30-31,38,41,44,52H,6-7,12,17,20-29H2,1-2H3/t38-,41?,44+/m1/s1. The molecule has 1 N–H and O–H groups in total. The van der Waals surface area contributed by atoms with Gasteiger partial charge in [-0.2, -0.15) is 5.10 Å². The number of benzene rings is 4. The minimum Gasteiger partial charge on any atom is -0.508 e. The lowest BCUT2D eigenvalue weighted by molar-refractivity contribution is -0.147.